The van der Waals surface area contributed by atoms with E-state index in [-0.39, 0.29) is 30.8 Å². The van der Waals surface area contributed by atoms with Crippen molar-refractivity contribution in [3.8, 4) is 0 Å². The lowest BCUT2D eigenvalue weighted by Crippen LogP contribution is -2.58. The van der Waals surface area contributed by atoms with Crippen molar-refractivity contribution in [2.75, 3.05) is 13.2 Å². The zero-order chi connectivity index (χ0) is 34.6. The lowest BCUT2D eigenvalue weighted by Gasteiger charge is -2.40. The Labute approximate surface area is 282 Å². The number of likely N-dealkylation sites (tertiary alicyclic amines) is 1. The van der Waals surface area contributed by atoms with Crippen LogP contribution in [0.15, 0.2) is 86.0 Å². The van der Waals surface area contributed by atoms with E-state index in [1.807, 2.05) is 74.5 Å². The minimum Gasteiger partial charge on any atom is -0.455 e. The highest BCUT2D eigenvalue weighted by atomic mass is 16.6. The smallest absolute Gasteiger partial charge is 0.313 e. The number of aliphatic hydroxyl groups excluding tert-OH is 1. The van der Waals surface area contributed by atoms with E-state index in [1.165, 1.54) is 4.90 Å². The summed E-state index contributed by atoms with van der Waals surface area (Å²) < 4.78 is 12.9. The van der Waals surface area contributed by atoms with Crippen molar-refractivity contribution in [1.29, 1.82) is 0 Å². The number of nitrogens with one attached hydrogen (secondary N) is 1. The Morgan fingerprint density at radius 1 is 1.06 bits per heavy atom. The molecule has 2 bridgehead atoms. The molecule has 8 atom stereocenters. The topological polar surface area (TPSA) is 125 Å². The average molecular weight is 658 g/mol. The van der Waals surface area contributed by atoms with Crippen molar-refractivity contribution < 1.29 is 33.8 Å². The van der Waals surface area contributed by atoms with Crippen molar-refractivity contribution in [1.82, 2.24) is 15.1 Å². The number of rotatable bonds is 15. The van der Waals surface area contributed by atoms with Crippen molar-refractivity contribution in [2.45, 2.75) is 88.4 Å². The summed E-state index contributed by atoms with van der Waals surface area (Å²) in [5.41, 5.74) is 0.0717. The van der Waals surface area contributed by atoms with Crippen LogP contribution in [-0.4, -0.2) is 81.6 Å². The summed E-state index contributed by atoms with van der Waals surface area (Å²) in [4.78, 5) is 59.4. The number of allylic oxidation sites excluding steroid dienone is 1. The Hall–Kier alpha value is -4.28. The number of nitrogens with zero attached hydrogens (tertiary/aromatic N) is 2. The summed E-state index contributed by atoms with van der Waals surface area (Å²) in [6.45, 7) is 12.9. The predicted octanol–water partition coefficient (Wildman–Crippen LogP) is 4.27. The van der Waals surface area contributed by atoms with Gasteiger partial charge in [-0.3, -0.25) is 19.2 Å². The quantitative estimate of drug-likeness (QED) is 0.217. The lowest BCUT2D eigenvalue weighted by molar-refractivity contribution is -0.162. The molecule has 0 aromatic heterocycles. The highest BCUT2D eigenvalue weighted by molar-refractivity contribution is 5.98. The Bertz CT molecular complexity index is 1500. The van der Waals surface area contributed by atoms with Crippen LogP contribution >= 0.6 is 0 Å². The van der Waals surface area contributed by atoms with E-state index in [0.717, 1.165) is 0 Å². The highest BCUT2D eigenvalue weighted by Crippen LogP contribution is 2.60. The summed E-state index contributed by atoms with van der Waals surface area (Å²) in [6, 6.07) is 15.5. The first-order valence-electron chi connectivity index (χ1n) is 16.8. The Kier molecular flexibility index (Phi) is 10.9. The van der Waals surface area contributed by atoms with E-state index < -0.39 is 66.3 Å². The lowest BCUT2D eigenvalue weighted by atomic mass is 9.70. The molecule has 2 N–H and O–H groups in total. The van der Waals surface area contributed by atoms with Gasteiger partial charge in [0.1, 0.15) is 17.7 Å². The first-order valence-corrected chi connectivity index (χ1v) is 16.8. The van der Waals surface area contributed by atoms with Gasteiger partial charge < -0.3 is 29.7 Å². The van der Waals surface area contributed by atoms with Crippen molar-refractivity contribution in [2.24, 2.45) is 11.8 Å². The molecular formula is C38H47N3O7. The monoisotopic (exact) mass is 657 g/mol. The van der Waals surface area contributed by atoms with Gasteiger partial charge in [-0.05, 0) is 51.2 Å². The van der Waals surface area contributed by atoms with Gasteiger partial charge >= 0.3 is 5.97 Å². The maximum Gasteiger partial charge on any atom is 0.313 e. The highest BCUT2D eigenvalue weighted by Gasteiger charge is 2.76. The van der Waals surface area contributed by atoms with Crippen LogP contribution in [0.5, 0.6) is 0 Å². The predicted molar refractivity (Wildman–Crippen MR) is 180 cm³/mol. The van der Waals surface area contributed by atoms with Gasteiger partial charge in [0, 0.05) is 19.0 Å². The Balaban J connectivity index is 1.52. The van der Waals surface area contributed by atoms with E-state index >= 15 is 0 Å². The SMILES string of the molecule is C=CCCC(=O)N[C@H](C)[C@@H](OC(=O)[C@@H]1[C@@H]2CC[C@]3(O2)[C@H](C(=O)N(CC=C)C(C)C)N([C@H](CO)c2ccccc2)C(=O)[C@@H]13)c1ccccc1. The average Bonchev–Trinajstić information content (AvgIpc) is 3.73. The summed E-state index contributed by atoms with van der Waals surface area (Å²) >= 11 is 0. The number of benzene rings is 2. The molecule has 10 heteroatoms. The molecule has 3 saturated heterocycles. The standard InChI is InChI=1S/C38H47N3O7/c1-6-8-19-30(43)39-25(5)33(27-17-13-10-14-18-27)47-37(46)31-29-20-21-38(48-29)32(31)35(44)41(28(23-42)26-15-11-9-12-16-26)34(38)36(45)40(22-7-2)24(3)4/h6-7,9-18,24-25,28-29,31-34,42H,1-2,8,19-23H2,3-5H3,(H,39,43)/t25-,28-,29+,31-,32-,33-,34+,38-/m1/s1. The van der Waals surface area contributed by atoms with Crippen molar-refractivity contribution in [3.05, 3.63) is 97.1 Å². The van der Waals surface area contributed by atoms with Gasteiger partial charge in [0.15, 0.2) is 0 Å². The molecule has 0 radical (unpaired) electrons. The van der Waals surface area contributed by atoms with Crippen LogP contribution in [-0.2, 0) is 28.7 Å². The van der Waals surface area contributed by atoms with Gasteiger partial charge in [-0.25, -0.2) is 0 Å². The number of carbonyl (C=O) groups excluding carboxylic acids is 4. The summed E-state index contributed by atoms with van der Waals surface area (Å²) in [5, 5.41) is 13.7. The van der Waals surface area contributed by atoms with Crippen LogP contribution < -0.4 is 5.32 Å². The largest absolute Gasteiger partial charge is 0.455 e. The number of carbonyl (C=O) groups is 4. The molecule has 3 aliphatic heterocycles. The molecule has 2 aromatic carbocycles. The van der Waals surface area contributed by atoms with Crippen LogP contribution in [0.1, 0.15) is 69.7 Å². The number of hydrogen-bond donors (Lipinski definition) is 2. The molecule has 2 aromatic rings. The first-order chi connectivity index (χ1) is 23.1. The van der Waals surface area contributed by atoms with Crippen LogP contribution in [0.3, 0.4) is 0 Å². The van der Waals surface area contributed by atoms with Crippen LogP contribution in [0.2, 0.25) is 0 Å². The third kappa shape index (κ3) is 6.43. The zero-order valence-electron chi connectivity index (χ0n) is 28.0. The molecule has 1 spiro atoms. The van der Waals surface area contributed by atoms with E-state index in [1.54, 1.807) is 24.0 Å². The number of ether oxygens (including phenoxy) is 2. The maximum absolute atomic E-state index is 14.7. The molecule has 3 aliphatic rings. The van der Waals surface area contributed by atoms with Crippen LogP contribution in [0.25, 0.3) is 0 Å². The summed E-state index contributed by atoms with van der Waals surface area (Å²) in [6.07, 6.45) is 3.46. The molecule has 10 nitrogen and oxygen atoms in total. The second-order valence-electron chi connectivity index (χ2n) is 13.2. The second-order valence-corrected chi connectivity index (χ2v) is 13.2. The molecule has 48 heavy (non-hydrogen) atoms. The molecule has 5 rings (SSSR count). The molecule has 256 valence electrons. The summed E-state index contributed by atoms with van der Waals surface area (Å²) in [5.74, 6) is -3.55. The molecule has 3 heterocycles. The molecule has 3 amide bonds. The number of esters is 1. The Morgan fingerprint density at radius 3 is 2.29 bits per heavy atom. The fraction of sp³-hybridized carbons (Fsp3) is 0.474. The fourth-order valence-corrected chi connectivity index (χ4v) is 7.80. The molecule has 0 aliphatic carbocycles. The number of fused-ring (bicyclic) bond motifs is 1. The molecular weight excluding hydrogens is 610 g/mol. The summed E-state index contributed by atoms with van der Waals surface area (Å²) in [7, 11) is 0. The molecule has 0 unspecified atom stereocenters. The maximum atomic E-state index is 14.7. The Morgan fingerprint density at radius 2 is 1.71 bits per heavy atom. The third-order valence-corrected chi connectivity index (χ3v) is 9.96. The van der Waals surface area contributed by atoms with Crippen molar-refractivity contribution >= 4 is 23.7 Å². The minimum absolute atomic E-state index is 0.199. The van der Waals surface area contributed by atoms with Gasteiger partial charge in [-0.15, -0.1) is 13.2 Å². The van der Waals surface area contributed by atoms with Gasteiger partial charge in [0.05, 0.1) is 36.6 Å². The van der Waals surface area contributed by atoms with E-state index in [9.17, 15) is 24.3 Å². The number of hydrogen-bond acceptors (Lipinski definition) is 7. The van der Waals surface area contributed by atoms with E-state index in [4.69, 9.17) is 9.47 Å². The van der Waals surface area contributed by atoms with Gasteiger partial charge in [0.25, 0.3) is 0 Å². The zero-order valence-corrected chi connectivity index (χ0v) is 28.0. The molecule has 0 saturated carbocycles. The van der Waals surface area contributed by atoms with Crippen LogP contribution in [0.4, 0.5) is 0 Å². The van der Waals surface area contributed by atoms with E-state index in [2.05, 4.69) is 18.5 Å². The third-order valence-electron chi connectivity index (χ3n) is 9.96. The first kappa shape index (κ1) is 35.0. The van der Waals surface area contributed by atoms with Gasteiger partial charge in [-0.2, -0.15) is 0 Å². The molecule has 3 fully saturated rings. The second kappa shape index (κ2) is 14.9. The fourth-order valence-electron chi connectivity index (χ4n) is 7.80. The number of amides is 3. The van der Waals surface area contributed by atoms with Crippen molar-refractivity contribution in [3.63, 3.8) is 0 Å². The van der Waals surface area contributed by atoms with Gasteiger partial charge in [0.2, 0.25) is 17.7 Å². The van der Waals surface area contributed by atoms with Crippen LogP contribution in [0, 0.1) is 11.8 Å². The van der Waals surface area contributed by atoms with Gasteiger partial charge in [-0.1, -0.05) is 72.8 Å². The van der Waals surface area contributed by atoms with E-state index in [0.29, 0.717) is 30.4 Å². The number of aliphatic hydroxyl groups is 1. The minimum atomic E-state index is -1.29. The normalized spacial score (nSPS) is 26.0.